The molecule has 0 nitrogen and oxygen atoms in total. The zero-order valence-corrected chi connectivity index (χ0v) is 21.7. The van der Waals surface area contributed by atoms with E-state index in [-0.39, 0.29) is 12.8 Å². The fourth-order valence-electron chi connectivity index (χ4n) is 2.47. The number of hydrogen-bond donors (Lipinski definition) is 0. The van der Waals surface area contributed by atoms with Crippen molar-refractivity contribution in [3.05, 3.63) is 35.6 Å². The number of alkyl halides is 1. The van der Waals surface area contributed by atoms with Gasteiger partial charge in [0, 0.05) is 5.33 Å². The summed E-state index contributed by atoms with van der Waals surface area (Å²) >= 11 is 3.30. The van der Waals surface area contributed by atoms with Crippen LogP contribution < -0.4 is 0 Å². The van der Waals surface area contributed by atoms with E-state index in [2.05, 4.69) is 22.5 Å². The second-order valence-electron chi connectivity index (χ2n) is 7.68. The minimum absolute atomic E-state index is 0.0414. The summed E-state index contributed by atoms with van der Waals surface area (Å²) in [7, 11) is -18.6. The van der Waals surface area contributed by atoms with E-state index < -0.39 is 31.3 Å². The maximum absolute atomic E-state index is 11.8. The maximum atomic E-state index is 11.8. The molecule has 0 saturated carbocycles. The van der Waals surface area contributed by atoms with Crippen LogP contribution >= 0.6 is 36.4 Å². The Bertz CT molecular complexity index is 610. The Morgan fingerprint density at radius 3 is 1.09 bits per heavy atom. The highest BCUT2D eigenvalue weighted by Crippen LogP contribution is 2.99. The van der Waals surface area contributed by atoms with Crippen LogP contribution in [0.3, 0.4) is 0 Å². The van der Waals surface area contributed by atoms with E-state index >= 15 is 0 Å². The molecule has 33 heavy (non-hydrogen) atoms. The predicted molar refractivity (Wildman–Crippen MR) is 129 cm³/mol. The van der Waals surface area contributed by atoms with Gasteiger partial charge in [-0.05, 0) is 44.9 Å². The summed E-state index contributed by atoms with van der Waals surface area (Å²) in [4.78, 5) is 0. The maximum Gasteiger partial charge on any atom is 0.304 e. The molecule has 0 atom stereocenters. The van der Waals surface area contributed by atoms with E-state index in [9.17, 15) is 38.9 Å². The van der Waals surface area contributed by atoms with Crippen LogP contribution in [0.15, 0.2) is 35.6 Å². The Morgan fingerprint density at radius 2 is 0.788 bits per heavy atom. The van der Waals surface area contributed by atoms with Crippen molar-refractivity contribution in [2.45, 2.75) is 83.5 Å². The van der Waals surface area contributed by atoms with Crippen molar-refractivity contribution < 1.29 is 38.9 Å². The fourth-order valence-corrected chi connectivity index (χ4v) is 3.86. The molecule has 0 N–H and O–H groups in total. The first-order chi connectivity index (χ1) is 14.6. The van der Waals surface area contributed by atoms with Gasteiger partial charge >= 0.3 is 20.4 Å². The minimum atomic E-state index is -9.32. The third-order valence-corrected chi connectivity index (χ3v) is 5.96. The molecular weight excluding hydrogens is 574 g/mol. The average molecular weight is 610 g/mol. The van der Waals surface area contributed by atoms with E-state index in [0.717, 1.165) is 63.1 Å². The van der Waals surface area contributed by atoms with Crippen LogP contribution in [0.5, 0.6) is 0 Å². The standard InChI is InChI=1S/C10H18BrF5S.C10H17F5S/c11-9-7-5-3-1-2-4-6-8-10-17(12,13,14,15)16;1-2-3-4-5-6-7-8-9-10-16(11,12,13,14)15/h8,10H,1-7,9H2;2,9-10H,1,3-8H2/b10-8+;10-9+. The lowest BCUT2D eigenvalue weighted by Crippen LogP contribution is -1.98. The smallest absolute Gasteiger partial charge is 0.103 e. The van der Waals surface area contributed by atoms with Gasteiger partial charge < -0.3 is 0 Å². The molecule has 0 rings (SSSR count). The van der Waals surface area contributed by atoms with Gasteiger partial charge in [-0.1, -0.05) is 112 Å². The van der Waals surface area contributed by atoms with Crippen molar-refractivity contribution >= 4 is 36.4 Å². The Balaban J connectivity index is 0. The predicted octanol–water partition coefficient (Wildman–Crippen LogP) is 13.2. The number of allylic oxidation sites excluding steroid dienone is 3. The molecule has 0 spiro atoms. The molecule has 0 aromatic heterocycles. The third-order valence-electron chi connectivity index (χ3n) is 3.99. The SMILES string of the molecule is C=CCCCCCC/C=C/S(F)(F)(F)(F)F.FS(F)(F)(F)(F)/C=C/CCCCCCCCBr. The van der Waals surface area contributed by atoms with Gasteiger partial charge in [0.2, 0.25) is 0 Å². The van der Waals surface area contributed by atoms with Crippen molar-refractivity contribution in [2.75, 3.05) is 5.33 Å². The van der Waals surface area contributed by atoms with E-state index in [1.54, 1.807) is 6.08 Å². The number of hydrogen-bond acceptors (Lipinski definition) is 0. The van der Waals surface area contributed by atoms with Crippen LogP contribution in [-0.4, -0.2) is 5.33 Å². The summed E-state index contributed by atoms with van der Waals surface area (Å²) in [5, 5.41) is -0.742. The molecule has 0 aromatic rings. The molecule has 204 valence electrons. The van der Waals surface area contributed by atoms with Gasteiger partial charge in [0.05, 0.1) is 10.8 Å². The van der Waals surface area contributed by atoms with Crippen molar-refractivity contribution in [1.82, 2.24) is 0 Å². The van der Waals surface area contributed by atoms with Gasteiger partial charge in [-0.3, -0.25) is 0 Å². The van der Waals surface area contributed by atoms with Crippen molar-refractivity contribution in [2.24, 2.45) is 0 Å². The van der Waals surface area contributed by atoms with Gasteiger partial charge in [-0.2, -0.15) is 0 Å². The van der Waals surface area contributed by atoms with E-state index in [0.29, 0.717) is 25.0 Å². The lowest BCUT2D eigenvalue weighted by atomic mass is 10.1. The molecule has 0 heterocycles. The molecular formula is C20H35BrF10S2. The van der Waals surface area contributed by atoms with Crippen molar-refractivity contribution in [3.63, 3.8) is 0 Å². The fraction of sp³-hybridized carbons (Fsp3) is 0.700. The lowest BCUT2D eigenvalue weighted by molar-refractivity contribution is 0.380. The number of unbranched alkanes of at least 4 members (excludes halogenated alkanes) is 11. The van der Waals surface area contributed by atoms with Crippen LogP contribution in [-0.2, 0) is 0 Å². The van der Waals surface area contributed by atoms with Crippen molar-refractivity contribution in [1.29, 1.82) is 0 Å². The average Bonchev–Trinajstić information content (AvgIpc) is 2.59. The summed E-state index contributed by atoms with van der Waals surface area (Å²) in [5.74, 6) is 0. The van der Waals surface area contributed by atoms with Crippen LogP contribution in [0.4, 0.5) is 38.9 Å². The lowest BCUT2D eigenvalue weighted by Gasteiger charge is -2.36. The zero-order valence-electron chi connectivity index (χ0n) is 18.5. The van der Waals surface area contributed by atoms with Crippen LogP contribution in [0.25, 0.3) is 0 Å². The molecule has 0 bridgehead atoms. The van der Waals surface area contributed by atoms with Crippen LogP contribution in [0.1, 0.15) is 83.5 Å². The molecule has 0 unspecified atom stereocenters. The van der Waals surface area contributed by atoms with Gasteiger partial charge in [0.1, 0.15) is 0 Å². The molecule has 0 amide bonds. The summed E-state index contributed by atoms with van der Waals surface area (Å²) in [6, 6.07) is 0. The topological polar surface area (TPSA) is 0 Å². The normalized spacial score (nSPS) is 17.1. The minimum Gasteiger partial charge on any atom is -0.103 e. The molecule has 0 saturated heterocycles. The quantitative estimate of drug-likeness (QED) is 0.0666. The van der Waals surface area contributed by atoms with Gasteiger partial charge in [-0.15, -0.1) is 6.58 Å². The Kier molecular flexibility index (Phi) is 13.3. The molecule has 0 radical (unpaired) electrons. The largest absolute Gasteiger partial charge is 0.304 e. The van der Waals surface area contributed by atoms with Crippen molar-refractivity contribution in [3.8, 4) is 0 Å². The summed E-state index contributed by atoms with van der Waals surface area (Å²) < 4.78 is 118. The second-order valence-corrected chi connectivity index (χ2v) is 13.1. The molecule has 0 fully saturated rings. The number of halogens is 11. The third kappa shape index (κ3) is 39.2. The Morgan fingerprint density at radius 1 is 0.485 bits per heavy atom. The summed E-state index contributed by atoms with van der Waals surface area (Å²) in [6.07, 6.45) is 12.4. The summed E-state index contributed by atoms with van der Waals surface area (Å²) in [5.41, 5.74) is 0. The van der Waals surface area contributed by atoms with E-state index in [1.165, 1.54) is 0 Å². The molecule has 0 aromatic carbocycles. The van der Waals surface area contributed by atoms with Crippen LogP contribution in [0.2, 0.25) is 0 Å². The molecule has 13 heteroatoms. The summed E-state index contributed by atoms with van der Waals surface area (Å²) in [6.45, 7) is 3.53. The van der Waals surface area contributed by atoms with Gasteiger partial charge in [-0.25, -0.2) is 0 Å². The first-order valence-electron chi connectivity index (χ1n) is 10.6. The first kappa shape index (κ1) is 34.9. The Labute approximate surface area is 199 Å². The monoisotopic (exact) mass is 608 g/mol. The zero-order chi connectivity index (χ0) is 26.3. The highest BCUT2D eigenvalue weighted by molar-refractivity contribution is 9.09. The van der Waals surface area contributed by atoms with E-state index in [1.807, 2.05) is 0 Å². The van der Waals surface area contributed by atoms with Crippen LogP contribution in [0, 0.1) is 0 Å². The first-order valence-corrected chi connectivity index (χ1v) is 15.7. The Hall–Kier alpha value is -0.300. The van der Waals surface area contributed by atoms with Gasteiger partial charge in [0.15, 0.2) is 0 Å². The molecule has 0 aliphatic rings. The highest BCUT2D eigenvalue weighted by atomic mass is 79.9. The molecule has 0 aliphatic carbocycles. The van der Waals surface area contributed by atoms with Gasteiger partial charge in [0.25, 0.3) is 0 Å². The molecule has 0 aliphatic heterocycles. The van der Waals surface area contributed by atoms with E-state index in [4.69, 9.17) is 0 Å². The highest BCUT2D eigenvalue weighted by Gasteiger charge is 2.61. The number of rotatable bonds is 17. The second kappa shape index (κ2) is 12.6.